The van der Waals surface area contributed by atoms with Crippen LogP contribution in [0.25, 0.3) is 22.0 Å². The van der Waals surface area contributed by atoms with Crippen LogP contribution in [0.15, 0.2) is 58.0 Å². The molecule has 176 valence electrons. The van der Waals surface area contributed by atoms with Crippen LogP contribution in [0, 0.1) is 13.8 Å². The summed E-state index contributed by atoms with van der Waals surface area (Å²) < 4.78 is 13.6. The Bertz CT molecular complexity index is 1320. The molecular formula is C26H29N5O3. The van der Waals surface area contributed by atoms with Gasteiger partial charge in [-0.15, -0.1) is 0 Å². The molecule has 3 aromatic heterocycles. The van der Waals surface area contributed by atoms with E-state index in [-0.39, 0.29) is 5.56 Å². The smallest absolute Gasteiger partial charge is 0.251 e. The molecule has 0 radical (unpaired) electrons. The van der Waals surface area contributed by atoms with Crippen LogP contribution in [-0.2, 0) is 6.54 Å². The first-order valence-corrected chi connectivity index (χ1v) is 11.7. The highest BCUT2D eigenvalue weighted by Gasteiger charge is 2.19. The van der Waals surface area contributed by atoms with Crippen molar-refractivity contribution in [1.29, 1.82) is 0 Å². The molecule has 0 atom stereocenters. The highest BCUT2D eigenvalue weighted by molar-refractivity contribution is 5.89. The van der Waals surface area contributed by atoms with Crippen molar-refractivity contribution < 1.29 is 9.26 Å². The van der Waals surface area contributed by atoms with Gasteiger partial charge in [-0.2, -0.15) is 0 Å². The van der Waals surface area contributed by atoms with E-state index in [0.717, 1.165) is 77.7 Å². The average molecular weight is 460 g/mol. The van der Waals surface area contributed by atoms with Crippen molar-refractivity contribution in [2.75, 3.05) is 39.3 Å². The van der Waals surface area contributed by atoms with Crippen LogP contribution in [0.5, 0.6) is 5.75 Å². The highest BCUT2D eigenvalue weighted by Crippen LogP contribution is 2.37. The van der Waals surface area contributed by atoms with Gasteiger partial charge < -0.3 is 19.1 Å². The molecule has 4 heterocycles. The summed E-state index contributed by atoms with van der Waals surface area (Å²) in [5.41, 5.74) is 4.23. The molecule has 0 aliphatic carbocycles. The molecule has 1 N–H and O–H groups in total. The van der Waals surface area contributed by atoms with E-state index in [1.165, 1.54) is 0 Å². The van der Waals surface area contributed by atoms with E-state index in [4.69, 9.17) is 9.26 Å². The van der Waals surface area contributed by atoms with Gasteiger partial charge >= 0.3 is 0 Å². The second-order valence-corrected chi connectivity index (χ2v) is 8.63. The third kappa shape index (κ3) is 4.60. The van der Waals surface area contributed by atoms with Gasteiger partial charge in [0.1, 0.15) is 18.1 Å². The molecule has 8 heteroatoms. The normalized spacial score (nSPS) is 14.5. The van der Waals surface area contributed by atoms with E-state index in [1.54, 1.807) is 16.8 Å². The predicted octanol–water partition coefficient (Wildman–Crippen LogP) is 3.00. The molecular weight excluding hydrogens is 430 g/mol. The van der Waals surface area contributed by atoms with E-state index in [2.05, 4.69) is 26.4 Å². The molecule has 0 unspecified atom stereocenters. The maximum Gasteiger partial charge on any atom is 0.251 e. The summed E-state index contributed by atoms with van der Waals surface area (Å²) in [5.74, 6) is 1.46. The number of fused-ring (bicyclic) bond motifs is 1. The first kappa shape index (κ1) is 22.3. The van der Waals surface area contributed by atoms with Crippen LogP contribution in [-0.4, -0.2) is 58.9 Å². The van der Waals surface area contributed by atoms with Crippen molar-refractivity contribution in [1.82, 2.24) is 24.9 Å². The summed E-state index contributed by atoms with van der Waals surface area (Å²) in [4.78, 5) is 19.6. The summed E-state index contributed by atoms with van der Waals surface area (Å²) in [5, 5.41) is 8.47. The Morgan fingerprint density at radius 3 is 2.71 bits per heavy atom. The minimum absolute atomic E-state index is 0.0741. The van der Waals surface area contributed by atoms with Gasteiger partial charge in [0.15, 0.2) is 0 Å². The first-order chi connectivity index (χ1) is 16.6. The van der Waals surface area contributed by atoms with Crippen molar-refractivity contribution in [3.05, 3.63) is 76.2 Å². The number of benzene rings is 1. The Labute approximate surface area is 198 Å². The summed E-state index contributed by atoms with van der Waals surface area (Å²) >= 11 is 0. The maximum absolute atomic E-state index is 12.8. The third-order valence-corrected chi connectivity index (χ3v) is 6.31. The third-order valence-electron chi connectivity index (χ3n) is 6.31. The average Bonchev–Trinajstić information content (AvgIpc) is 3.19. The molecule has 1 aromatic carbocycles. The molecule has 4 aromatic rings. The summed E-state index contributed by atoms with van der Waals surface area (Å²) in [6.45, 7) is 9.66. The van der Waals surface area contributed by atoms with E-state index < -0.39 is 0 Å². The molecule has 1 fully saturated rings. The van der Waals surface area contributed by atoms with Gasteiger partial charge in [0.05, 0.1) is 29.0 Å². The molecule has 0 bridgehead atoms. The fraction of sp³-hybridized carbons (Fsp3) is 0.346. The largest absolute Gasteiger partial charge is 0.492 e. The van der Waals surface area contributed by atoms with E-state index >= 15 is 0 Å². The molecule has 34 heavy (non-hydrogen) atoms. The summed E-state index contributed by atoms with van der Waals surface area (Å²) in [6.07, 6.45) is 1.74. The van der Waals surface area contributed by atoms with E-state index in [0.29, 0.717) is 13.2 Å². The Balaban J connectivity index is 1.56. The fourth-order valence-corrected chi connectivity index (χ4v) is 4.54. The van der Waals surface area contributed by atoms with Crippen LogP contribution < -0.4 is 15.6 Å². The predicted molar refractivity (Wildman–Crippen MR) is 131 cm³/mol. The maximum atomic E-state index is 12.8. The number of ether oxygens (including phenoxy) is 1. The minimum Gasteiger partial charge on any atom is -0.492 e. The molecule has 1 saturated heterocycles. The van der Waals surface area contributed by atoms with Crippen molar-refractivity contribution in [3.8, 4) is 16.9 Å². The zero-order chi connectivity index (χ0) is 23.5. The van der Waals surface area contributed by atoms with Crippen LogP contribution in [0.1, 0.15) is 17.1 Å². The number of nitrogens with one attached hydrogen (secondary N) is 1. The lowest BCUT2D eigenvalue weighted by Crippen LogP contribution is -2.44. The number of piperazine rings is 1. The van der Waals surface area contributed by atoms with Gasteiger partial charge in [0.2, 0.25) is 0 Å². The number of rotatable bonds is 7. The van der Waals surface area contributed by atoms with Crippen LogP contribution in [0.4, 0.5) is 0 Å². The van der Waals surface area contributed by atoms with Gasteiger partial charge in [-0.1, -0.05) is 11.2 Å². The standard InChI is InChI=1S/C26H29N5O3/c1-18-26(19(2)34-29-18)22-15-20-6-7-25(32)31(17-21-5-3-4-8-28-21)23(20)16-24(22)33-14-13-30-11-9-27-10-12-30/h3-8,15-16,27H,9-14,17H2,1-2H3. The molecule has 8 nitrogen and oxygen atoms in total. The summed E-state index contributed by atoms with van der Waals surface area (Å²) in [6, 6.07) is 13.2. The van der Waals surface area contributed by atoms with Crippen molar-refractivity contribution >= 4 is 10.9 Å². The molecule has 0 amide bonds. The monoisotopic (exact) mass is 459 g/mol. The Kier molecular flexibility index (Phi) is 6.42. The number of aromatic nitrogens is 3. The van der Waals surface area contributed by atoms with Gasteiger partial charge in [0.25, 0.3) is 5.56 Å². The molecule has 0 saturated carbocycles. The Morgan fingerprint density at radius 2 is 1.97 bits per heavy atom. The van der Waals surface area contributed by atoms with Crippen molar-refractivity contribution in [2.24, 2.45) is 0 Å². The number of pyridine rings is 2. The zero-order valence-corrected chi connectivity index (χ0v) is 19.6. The minimum atomic E-state index is -0.0741. The number of aryl methyl sites for hydroxylation is 2. The van der Waals surface area contributed by atoms with Crippen molar-refractivity contribution in [2.45, 2.75) is 20.4 Å². The molecule has 1 aliphatic rings. The lowest BCUT2D eigenvalue weighted by Gasteiger charge is -2.27. The second kappa shape index (κ2) is 9.79. The van der Waals surface area contributed by atoms with Crippen LogP contribution in [0.3, 0.4) is 0 Å². The van der Waals surface area contributed by atoms with E-state index in [9.17, 15) is 4.79 Å². The number of nitrogens with zero attached hydrogens (tertiary/aromatic N) is 4. The van der Waals surface area contributed by atoms with Crippen molar-refractivity contribution in [3.63, 3.8) is 0 Å². The fourth-order valence-electron chi connectivity index (χ4n) is 4.54. The Morgan fingerprint density at radius 1 is 1.12 bits per heavy atom. The summed E-state index contributed by atoms with van der Waals surface area (Å²) in [7, 11) is 0. The van der Waals surface area contributed by atoms with Gasteiger partial charge in [-0.3, -0.25) is 14.7 Å². The van der Waals surface area contributed by atoms with E-state index in [1.807, 2.05) is 44.2 Å². The molecule has 1 aliphatic heterocycles. The number of hydrogen-bond donors (Lipinski definition) is 1. The second-order valence-electron chi connectivity index (χ2n) is 8.63. The van der Waals surface area contributed by atoms with Crippen LogP contribution >= 0.6 is 0 Å². The van der Waals surface area contributed by atoms with Gasteiger partial charge in [-0.25, -0.2) is 0 Å². The Hall–Kier alpha value is -3.49. The quantitative estimate of drug-likeness (QED) is 0.455. The number of hydrogen-bond acceptors (Lipinski definition) is 7. The zero-order valence-electron chi connectivity index (χ0n) is 19.6. The SMILES string of the molecule is Cc1noc(C)c1-c1cc2ccc(=O)n(Cc3ccccn3)c2cc1OCCN1CCNCC1. The lowest BCUT2D eigenvalue weighted by atomic mass is 10.0. The lowest BCUT2D eigenvalue weighted by molar-refractivity contribution is 0.192. The molecule has 5 rings (SSSR count). The first-order valence-electron chi connectivity index (χ1n) is 11.7. The van der Waals surface area contributed by atoms with Crippen LogP contribution in [0.2, 0.25) is 0 Å². The highest BCUT2D eigenvalue weighted by atomic mass is 16.5. The van der Waals surface area contributed by atoms with Gasteiger partial charge in [0, 0.05) is 56.6 Å². The van der Waals surface area contributed by atoms with Gasteiger partial charge in [-0.05, 0) is 43.5 Å². The topological polar surface area (TPSA) is 85.4 Å². The molecule has 0 spiro atoms.